The minimum Gasteiger partial charge on any atom is -0.397 e. The van der Waals surface area contributed by atoms with E-state index in [0.717, 1.165) is 0 Å². The van der Waals surface area contributed by atoms with Crippen molar-refractivity contribution in [3.63, 3.8) is 0 Å². The number of nitrogens with two attached hydrogens (primary N) is 1. The molecule has 0 aliphatic carbocycles. The van der Waals surface area contributed by atoms with Crippen molar-refractivity contribution >= 4 is 21.6 Å². The van der Waals surface area contributed by atoms with Crippen molar-refractivity contribution in [2.24, 2.45) is 0 Å². The molecule has 3 N–H and O–H groups in total. The van der Waals surface area contributed by atoms with E-state index >= 15 is 0 Å². The summed E-state index contributed by atoms with van der Waals surface area (Å²) in [6.45, 7) is 4.70. The summed E-state index contributed by atoms with van der Waals surface area (Å²) in [5.74, 6) is -0.255. The molecule has 0 atom stereocenters. The van der Waals surface area contributed by atoms with E-state index in [1.807, 2.05) is 0 Å². The quantitative estimate of drug-likeness (QED) is 0.708. The van der Waals surface area contributed by atoms with E-state index in [4.69, 9.17) is 5.73 Å². The molecule has 1 heterocycles. The molecule has 1 amide bonds. The molecule has 0 unspecified atom stereocenters. The largest absolute Gasteiger partial charge is 0.397 e. The number of nitrogens with zero attached hydrogens (tertiary/aromatic N) is 2. The summed E-state index contributed by atoms with van der Waals surface area (Å²) >= 11 is 0. The van der Waals surface area contributed by atoms with Crippen molar-refractivity contribution in [2.45, 2.75) is 20.3 Å². The number of hydrogen-bond donors (Lipinski definition) is 2. The van der Waals surface area contributed by atoms with Gasteiger partial charge in [0.25, 0.3) is 5.91 Å². The standard InChI is InChI=1S/C13H22N4O3S/c1-4-17(21(3,19)20)7-5-6-15-13(18)12-8-11(14)9-16-10(12)2/h8-9H,4-7,14H2,1-3H3,(H,15,18). The number of nitrogen functional groups attached to an aromatic ring is 1. The molecule has 1 aromatic rings. The Balaban J connectivity index is 2.49. The van der Waals surface area contributed by atoms with E-state index in [9.17, 15) is 13.2 Å². The molecule has 1 aromatic heterocycles. The number of aryl methyl sites for hydroxylation is 1. The Bertz CT molecular complexity index is 601. The van der Waals surface area contributed by atoms with E-state index < -0.39 is 10.0 Å². The number of hydrogen-bond acceptors (Lipinski definition) is 5. The summed E-state index contributed by atoms with van der Waals surface area (Å²) in [5, 5.41) is 2.74. The molecule has 0 saturated carbocycles. The number of rotatable bonds is 7. The lowest BCUT2D eigenvalue weighted by Gasteiger charge is -2.17. The molecule has 0 saturated heterocycles. The van der Waals surface area contributed by atoms with Gasteiger partial charge in [-0.3, -0.25) is 9.78 Å². The average Bonchev–Trinajstić information content (AvgIpc) is 2.39. The van der Waals surface area contributed by atoms with Crippen LogP contribution < -0.4 is 11.1 Å². The predicted octanol–water partition coefficient (Wildman–Crippen LogP) is 0.374. The number of aromatic nitrogens is 1. The minimum atomic E-state index is -3.19. The zero-order chi connectivity index (χ0) is 16.0. The highest BCUT2D eigenvalue weighted by molar-refractivity contribution is 7.88. The number of carbonyl (C=O) groups excluding carboxylic acids is 1. The molecule has 1 rings (SSSR count). The van der Waals surface area contributed by atoms with Crippen LogP contribution in [0.15, 0.2) is 12.3 Å². The molecule has 118 valence electrons. The Morgan fingerprint density at radius 2 is 2.14 bits per heavy atom. The van der Waals surface area contributed by atoms with Crippen molar-refractivity contribution in [1.29, 1.82) is 0 Å². The van der Waals surface area contributed by atoms with Crippen LogP contribution in [0, 0.1) is 6.92 Å². The topological polar surface area (TPSA) is 105 Å². The predicted molar refractivity (Wildman–Crippen MR) is 82.4 cm³/mol. The first-order valence-electron chi connectivity index (χ1n) is 6.71. The highest BCUT2D eigenvalue weighted by Crippen LogP contribution is 2.09. The van der Waals surface area contributed by atoms with Crippen LogP contribution in [-0.2, 0) is 10.0 Å². The van der Waals surface area contributed by atoms with Crippen molar-refractivity contribution in [3.05, 3.63) is 23.5 Å². The van der Waals surface area contributed by atoms with Gasteiger partial charge < -0.3 is 11.1 Å². The van der Waals surface area contributed by atoms with E-state index in [-0.39, 0.29) is 5.91 Å². The van der Waals surface area contributed by atoms with Gasteiger partial charge in [-0.25, -0.2) is 12.7 Å². The van der Waals surface area contributed by atoms with E-state index in [2.05, 4.69) is 10.3 Å². The maximum absolute atomic E-state index is 12.0. The summed E-state index contributed by atoms with van der Waals surface area (Å²) < 4.78 is 24.2. The SMILES string of the molecule is CCN(CCCNC(=O)c1cc(N)cnc1C)S(C)(=O)=O. The molecule has 21 heavy (non-hydrogen) atoms. The molecule has 7 nitrogen and oxygen atoms in total. The second-order valence-electron chi connectivity index (χ2n) is 4.77. The van der Waals surface area contributed by atoms with Gasteiger partial charge in [0.15, 0.2) is 0 Å². The fourth-order valence-electron chi connectivity index (χ4n) is 1.89. The molecule has 0 radical (unpaired) electrons. The minimum absolute atomic E-state index is 0.255. The first-order chi connectivity index (χ1) is 9.75. The second kappa shape index (κ2) is 7.37. The highest BCUT2D eigenvalue weighted by atomic mass is 32.2. The van der Waals surface area contributed by atoms with Crippen LogP contribution in [0.25, 0.3) is 0 Å². The van der Waals surface area contributed by atoms with Gasteiger partial charge in [0.05, 0.1) is 29.4 Å². The Kier molecular flexibility index (Phi) is 6.10. The molecule has 0 fully saturated rings. The molecule has 0 spiro atoms. The van der Waals surface area contributed by atoms with Crippen molar-refractivity contribution in [2.75, 3.05) is 31.6 Å². The van der Waals surface area contributed by atoms with Gasteiger partial charge in [-0.2, -0.15) is 0 Å². The first kappa shape index (κ1) is 17.4. The Hall–Kier alpha value is -1.67. The van der Waals surface area contributed by atoms with Gasteiger partial charge in [-0.15, -0.1) is 0 Å². The van der Waals surface area contributed by atoms with Crippen LogP contribution in [0.2, 0.25) is 0 Å². The zero-order valence-corrected chi connectivity index (χ0v) is 13.4. The molecular weight excluding hydrogens is 292 g/mol. The van der Waals surface area contributed by atoms with E-state index in [1.165, 1.54) is 16.8 Å². The van der Waals surface area contributed by atoms with Crippen LogP contribution in [0.5, 0.6) is 0 Å². The van der Waals surface area contributed by atoms with Gasteiger partial charge in [0, 0.05) is 19.6 Å². The third kappa shape index (κ3) is 5.31. The average molecular weight is 314 g/mol. The van der Waals surface area contributed by atoms with Crippen LogP contribution in [0.4, 0.5) is 5.69 Å². The van der Waals surface area contributed by atoms with E-state index in [0.29, 0.717) is 43.0 Å². The van der Waals surface area contributed by atoms with Gasteiger partial charge in [0.2, 0.25) is 10.0 Å². The van der Waals surface area contributed by atoms with Crippen molar-refractivity contribution in [3.8, 4) is 0 Å². The summed E-state index contributed by atoms with van der Waals surface area (Å²) in [4.78, 5) is 16.0. The van der Waals surface area contributed by atoms with Gasteiger partial charge in [-0.05, 0) is 19.4 Å². The van der Waals surface area contributed by atoms with Gasteiger partial charge in [0.1, 0.15) is 0 Å². The third-order valence-corrected chi connectivity index (χ3v) is 4.42. The summed E-state index contributed by atoms with van der Waals surface area (Å²) in [6.07, 6.45) is 3.22. The second-order valence-corrected chi connectivity index (χ2v) is 6.75. The Labute approximate surface area is 125 Å². The smallest absolute Gasteiger partial charge is 0.253 e. The van der Waals surface area contributed by atoms with Crippen molar-refractivity contribution < 1.29 is 13.2 Å². The number of pyridine rings is 1. The van der Waals surface area contributed by atoms with Crippen LogP contribution in [0.3, 0.4) is 0 Å². The summed E-state index contributed by atoms with van der Waals surface area (Å²) in [6, 6.07) is 1.58. The Morgan fingerprint density at radius 1 is 1.48 bits per heavy atom. The van der Waals surface area contributed by atoms with E-state index in [1.54, 1.807) is 19.9 Å². The fourth-order valence-corrected chi connectivity index (χ4v) is 2.82. The number of carbonyl (C=O) groups is 1. The number of sulfonamides is 1. The molecule has 0 aliphatic rings. The van der Waals surface area contributed by atoms with Crippen LogP contribution >= 0.6 is 0 Å². The lowest BCUT2D eigenvalue weighted by molar-refractivity contribution is 0.0952. The number of nitrogens with one attached hydrogen (secondary N) is 1. The van der Waals surface area contributed by atoms with Crippen LogP contribution in [0.1, 0.15) is 29.4 Å². The van der Waals surface area contributed by atoms with Crippen molar-refractivity contribution in [1.82, 2.24) is 14.6 Å². The highest BCUT2D eigenvalue weighted by Gasteiger charge is 2.14. The summed E-state index contributed by atoms with van der Waals surface area (Å²) in [5.41, 5.74) is 7.08. The summed E-state index contributed by atoms with van der Waals surface area (Å²) in [7, 11) is -3.19. The monoisotopic (exact) mass is 314 g/mol. The normalized spacial score (nSPS) is 11.6. The maximum atomic E-state index is 12.0. The zero-order valence-electron chi connectivity index (χ0n) is 12.6. The molecule has 8 heteroatoms. The molecule has 0 aliphatic heterocycles. The number of amides is 1. The maximum Gasteiger partial charge on any atom is 0.253 e. The first-order valence-corrected chi connectivity index (χ1v) is 8.56. The lowest BCUT2D eigenvalue weighted by atomic mass is 10.2. The number of anilines is 1. The van der Waals surface area contributed by atoms with Crippen LogP contribution in [-0.4, -0.2) is 49.5 Å². The molecule has 0 aromatic carbocycles. The molecular formula is C13H22N4O3S. The third-order valence-electron chi connectivity index (χ3n) is 3.04. The lowest BCUT2D eigenvalue weighted by Crippen LogP contribution is -2.33. The van der Waals surface area contributed by atoms with Gasteiger partial charge >= 0.3 is 0 Å². The Morgan fingerprint density at radius 3 is 2.71 bits per heavy atom. The molecule has 0 bridgehead atoms. The van der Waals surface area contributed by atoms with Gasteiger partial charge in [-0.1, -0.05) is 6.92 Å². The fraction of sp³-hybridized carbons (Fsp3) is 0.538.